The molecule has 0 aliphatic heterocycles. The second-order valence-corrected chi connectivity index (χ2v) is 6.25. The molecule has 0 aliphatic carbocycles. The van der Waals surface area contributed by atoms with E-state index in [1.807, 2.05) is 0 Å². The average molecular weight is 286 g/mol. The minimum absolute atomic E-state index is 0.128. The number of esters is 1. The first-order chi connectivity index (χ1) is 8.69. The van der Waals surface area contributed by atoms with Crippen molar-refractivity contribution in [2.75, 3.05) is 5.75 Å². The molecule has 0 saturated heterocycles. The van der Waals surface area contributed by atoms with Crippen LogP contribution in [0.4, 0.5) is 4.39 Å². The fraction of sp³-hybridized carbons (Fsp3) is 0.500. The van der Waals surface area contributed by atoms with Crippen molar-refractivity contribution in [3.8, 4) is 0 Å². The zero-order chi connectivity index (χ0) is 14.6. The first kappa shape index (κ1) is 16.0. The summed E-state index contributed by atoms with van der Waals surface area (Å²) in [7, 11) is 0. The molecule has 0 radical (unpaired) electrons. The molecule has 0 aromatic heterocycles. The van der Waals surface area contributed by atoms with Gasteiger partial charge in [-0.15, -0.1) is 11.8 Å². The summed E-state index contributed by atoms with van der Waals surface area (Å²) in [6, 6.07) is 4.15. The highest BCUT2D eigenvalue weighted by Gasteiger charge is 2.17. The zero-order valence-corrected chi connectivity index (χ0v) is 12.4. The van der Waals surface area contributed by atoms with E-state index in [0.29, 0.717) is 10.5 Å². The number of carbonyl (C=O) groups is 1. The van der Waals surface area contributed by atoms with Crippen molar-refractivity contribution >= 4 is 17.7 Å². The van der Waals surface area contributed by atoms with Crippen LogP contribution in [0, 0.1) is 5.82 Å². The van der Waals surface area contributed by atoms with E-state index in [1.54, 1.807) is 33.8 Å². The van der Waals surface area contributed by atoms with Crippen molar-refractivity contribution in [3.05, 3.63) is 29.6 Å². The maximum atomic E-state index is 13.1. The summed E-state index contributed by atoms with van der Waals surface area (Å²) in [4.78, 5) is 12.3. The van der Waals surface area contributed by atoms with E-state index in [4.69, 9.17) is 4.74 Å². The van der Waals surface area contributed by atoms with Crippen LogP contribution in [0.1, 0.15) is 39.4 Å². The highest BCUT2D eigenvalue weighted by molar-refractivity contribution is 8.00. The Morgan fingerprint density at radius 1 is 1.47 bits per heavy atom. The average Bonchev–Trinajstić information content (AvgIpc) is 2.24. The summed E-state index contributed by atoms with van der Waals surface area (Å²) in [5.74, 6) is -0.612. The number of hydrogen-bond acceptors (Lipinski definition) is 4. The van der Waals surface area contributed by atoms with Gasteiger partial charge in [0, 0.05) is 4.90 Å². The molecule has 0 aliphatic rings. The maximum absolute atomic E-state index is 13.1. The van der Waals surface area contributed by atoms with Gasteiger partial charge in [0.2, 0.25) is 0 Å². The highest BCUT2D eigenvalue weighted by atomic mass is 32.2. The normalized spacial score (nSPS) is 13.2. The molecule has 0 unspecified atom stereocenters. The molecule has 0 spiro atoms. The summed E-state index contributed by atoms with van der Waals surface area (Å²) in [5, 5.41) is 9.58. The Morgan fingerprint density at radius 3 is 2.63 bits per heavy atom. The third-order valence-electron chi connectivity index (χ3n) is 2.19. The molecule has 0 amide bonds. The minimum Gasteiger partial charge on any atom is -0.459 e. The number of thioether (sulfide) groups is 1. The van der Waals surface area contributed by atoms with Crippen LogP contribution in [0.5, 0.6) is 0 Å². The van der Waals surface area contributed by atoms with Crippen molar-refractivity contribution < 1.29 is 19.0 Å². The summed E-state index contributed by atoms with van der Waals surface area (Å²) >= 11 is 1.23. The molecule has 1 rings (SSSR count). The van der Waals surface area contributed by atoms with Crippen LogP contribution in [0.2, 0.25) is 0 Å². The summed E-state index contributed by atoms with van der Waals surface area (Å²) < 4.78 is 18.3. The Labute approximate surface area is 117 Å². The van der Waals surface area contributed by atoms with Crippen molar-refractivity contribution in [2.45, 2.75) is 44.3 Å². The van der Waals surface area contributed by atoms with Gasteiger partial charge in [-0.25, -0.2) is 4.39 Å². The van der Waals surface area contributed by atoms with Crippen LogP contribution < -0.4 is 0 Å². The third-order valence-corrected chi connectivity index (χ3v) is 3.25. The fourth-order valence-corrected chi connectivity index (χ4v) is 2.38. The minimum atomic E-state index is -0.781. The molecular weight excluding hydrogens is 267 g/mol. The van der Waals surface area contributed by atoms with Gasteiger partial charge in [0.1, 0.15) is 11.4 Å². The largest absolute Gasteiger partial charge is 0.459 e. The standard InChI is InChI=1S/C14H19FO3S/c1-9(16)11-7-10(15)5-6-12(11)19-8-13(17)18-14(2,3)4/h5-7,9,16H,8H2,1-4H3/t9-/m1/s1. The number of rotatable bonds is 4. The van der Waals surface area contributed by atoms with Gasteiger partial charge >= 0.3 is 5.97 Å². The summed E-state index contributed by atoms with van der Waals surface area (Å²) in [6.45, 7) is 6.96. The molecule has 106 valence electrons. The smallest absolute Gasteiger partial charge is 0.316 e. The van der Waals surface area contributed by atoms with Crippen LogP contribution in [-0.2, 0) is 9.53 Å². The van der Waals surface area contributed by atoms with Crippen LogP contribution in [0.25, 0.3) is 0 Å². The lowest BCUT2D eigenvalue weighted by molar-refractivity contribution is -0.151. The Bertz CT molecular complexity index is 452. The predicted octanol–water partition coefficient (Wildman–Crippen LogP) is 3.31. The molecule has 19 heavy (non-hydrogen) atoms. The quantitative estimate of drug-likeness (QED) is 0.681. The first-order valence-corrected chi connectivity index (χ1v) is 7.00. The Morgan fingerprint density at radius 2 is 2.11 bits per heavy atom. The fourth-order valence-electron chi connectivity index (χ4n) is 1.48. The Kier molecular flexibility index (Phi) is 5.38. The number of hydrogen-bond donors (Lipinski definition) is 1. The molecule has 0 heterocycles. The van der Waals surface area contributed by atoms with Crippen molar-refractivity contribution in [2.24, 2.45) is 0 Å². The van der Waals surface area contributed by atoms with Crippen molar-refractivity contribution in [1.29, 1.82) is 0 Å². The van der Waals surface area contributed by atoms with E-state index in [2.05, 4.69) is 0 Å². The molecular formula is C14H19FO3S. The number of aliphatic hydroxyl groups is 1. The van der Waals surface area contributed by atoms with Gasteiger partial charge in [-0.05, 0) is 51.5 Å². The molecule has 1 aromatic rings. The second kappa shape index (κ2) is 6.39. The van der Waals surface area contributed by atoms with Crippen LogP contribution >= 0.6 is 11.8 Å². The highest BCUT2D eigenvalue weighted by Crippen LogP contribution is 2.28. The number of halogens is 1. The second-order valence-electron chi connectivity index (χ2n) is 5.23. The number of benzene rings is 1. The van der Waals surface area contributed by atoms with E-state index < -0.39 is 17.5 Å². The van der Waals surface area contributed by atoms with Gasteiger partial charge in [-0.1, -0.05) is 0 Å². The van der Waals surface area contributed by atoms with Crippen molar-refractivity contribution in [1.82, 2.24) is 0 Å². The topological polar surface area (TPSA) is 46.5 Å². The molecule has 0 saturated carbocycles. The van der Waals surface area contributed by atoms with Crippen LogP contribution in [0.15, 0.2) is 23.1 Å². The van der Waals surface area contributed by atoms with E-state index in [9.17, 15) is 14.3 Å². The monoisotopic (exact) mass is 286 g/mol. The summed E-state index contributed by atoms with van der Waals surface area (Å²) in [5.41, 5.74) is -0.0402. The Balaban J connectivity index is 2.70. The van der Waals surface area contributed by atoms with Gasteiger partial charge in [-0.3, -0.25) is 4.79 Å². The SMILES string of the molecule is C[C@@H](O)c1cc(F)ccc1SCC(=O)OC(C)(C)C. The Hall–Kier alpha value is -1.07. The lowest BCUT2D eigenvalue weighted by Gasteiger charge is -2.19. The van der Waals surface area contributed by atoms with Gasteiger partial charge in [0.05, 0.1) is 11.9 Å². The molecule has 1 atom stereocenters. The number of ether oxygens (including phenoxy) is 1. The predicted molar refractivity (Wildman–Crippen MR) is 73.6 cm³/mol. The van der Waals surface area contributed by atoms with Gasteiger partial charge in [-0.2, -0.15) is 0 Å². The molecule has 3 nitrogen and oxygen atoms in total. The molecule has 0 bridgehead atoms. The summed E-state index contributed by atoms with van der Waals surface area (Å²) in [6.07, 6.45) is -0.781. The van der Waals surface area contributed by atoms with Crippen LogP contribution in [-0.4, -0.2) is 22.4 Å². The number of aliphatic hydroxyl groups excluding tert-OH is 1. The van der Waals surface area contributed by atoms with Gasteiger partial charge in [0.15, 0.2) is 0 Å². The lowest BCUT2D eigenvalue weighted by atomic mass is 10.1. The zero-order valence-electron chi connectivity index (χ0n) is 11.6. The van der Waals surface area contributed by atoms with E-state index in [1.165, 1.54) is 23.9 Å². The molecule has 1 aromatic carbocycles. The molecule has 0 fully saturated rings. The lowest BCUT2D eigenvalue weighted by Crippen LogP contribution is -2.24. The molecule has 5 heteroatoms. The van der Waals surface area contributed by atoms with E-state index in [0.717, 1.165) is 0 Å². The molecule has 1 N–H and O–H groups in total. The van der Waals surface area contributed by atoms with E-state index in [-0.39, 0.29) is 11.7 Å². The van der Waals surface area contributed by atoms with Gasteiger partial charge in [0.25, 0.3) is 0 Å². The third kappa shape index (κ3) is 5.61. The van der Waals surface area contributed by atoms with Gasteiger partial charge < -0.3 is 9.84 Å². The first-order valence-electron chi connectivity index (χ1n) is 6.01. The maximum Gasteiger partial charge on any atom is 0.316 e. The van der Waals surface area contributed by atoms with E-state index >= 15 is 0 Å². The van der Waals surface area contributed by atoms with Crippen molar-refractivity contribution in [3.63, 3.8) is 0 Å². The van der Waals surface area contributed by atoms with Crippen LogP contribution in [0.3, 0.4) is 0 Å². The number of carbonyl (C=O) groups excluding carboxylic acids is 1.